The number of fused-ring (bicyclic) bond motifs is 6. The summed E-state index contributed by atoms with van der Waals surface area (Å²) in [5.74, 6) is 0. The second-order valence-corrected chi connectivity index (χ2v) is 9.50. The summed E-state index contributed by atoms with van der Waals surface area (Å²) in [5, 5.41) is 7.04. The molecule has 0 N–H and O–H groups in total. The van der Waals surface area contributed by atoms with E-state index in [1.54, 1.807) is 0 Å². The van der Waals surface area contributed by atoms with Crippen molar-refractivity contribution in [3.63, 3.8) is 0 Å². The minimum absolute atomic E-state index is 0.926. The fourth-order valence-corrected chi connectivity index (χ4v) is 6.11. The largest absolute Gasteiger partial charge is 0.377 e. The molecule has 0 aliphatic rings. The molecule has 0 radical (unpaired) electrons. The number of benzene rings is 4. The molecule has 4 heteroatoms. The predicted molar refractivity (Wildman–Crippen MR) is 145 cm³/mol. The summed E-state index contributed by atoms with van der Waals surface area (Å²) in [5.41, 5.74) is 8.22. The molecule has 5 heterocycles. The van der Waals surface area contributed by atoms with Gasteiger partial charge in [0.05, 0.1) is 0 Å². The van der Waals surface area contributed by atoms with Crippen molar-refractivity contribution in [2.24, 2.45) is 0 Å². The van der Waals surface area contributed by atoms with E-state index in [0.29, 0.717) is 0 Å². The molecule has 0 fully saturated rings. The van der Waals surface area contributed by atoms with E-state index >= 15 is 0 Å². The van der Waals surface area contributed by atoms with Gasteiger partial charge >= 0.3 is 11.3 Å². The monoisotopic (exact) mass is 458 g/mol. The Balaban J connectivity index is 1.76. The first-order valence-corrected chi connectivity index (χ1v) is 12.2. The number of rotatable bonds is 0. The third kappa shape index (κ3) is 2.15. The van der Waals surface area contributed by atoms with Gasteiger partial charge in [-0.2, -0.15) is 8.80 Å². The predicted octanol–water partition coefficient (Wildman–Crippen LogP) is 6.31. The van der Waals surface area contributed by atoms with Gasteiger partial charge in [-0.25, -0.2) is 0 Å². The van der Waals surface area contributed by atoms with Crippen LogP contribution in [0.5, 0.6) is 0 Å². The van der Waals surface area contributed by atoms with E-state index in [9.17, 15) is 0 Å². The van der Waals surface area contributed by atoms with Crippen LogP contribution in [0.1, 0.15) is 0 Å². The maximum Gasteiger partial charge on any atom is 0.377 e. The lowest BCUT2D eigenvalue weighted by Crippen LogP contribution is -2.36. The Morgan fingerprint density at radius 2 is 0.833 bits per heavy atom. The zero-order valence-electron chi connectivity index (χ0n) is 19.2. The molecule has 0 spiro atoms. The van der Waals surface area contributed by atoms with Gasteiger partial charge in [0.15, 0.2) is 11.0 Å². The molecular weight excluding hydrogens is 440 g/mol. The van der Waals surface area contributed by atoms with Crippen LogP contribution in [0.25, 0.3) is 76.7 Å². The summed E-state index contributed by atoms with van der Waals surface area (Å²) in [7, 11) is 0. The van der Waals surface area contributed by atoms with Crippen molar-refractivity contribution in [3.8, 4) is 0 Å². The highest BCUT2D eigenvalue weighted by molar-refractivity contribution is 6.11. The van der Waals surface area contributed by atoms with Gasteiger partial charge in [-0.1, -0.05) is 48.5 Å². The van der Waals surface area contributed by atoms with Gasteiger partial charge in [0.2, 0.25) is 11.0 Å². The zero-order valence-corrected chi connectivity index (χ0v) is 19.2. The number of nitrogens with zero attached hydrogens (tertiary/aromatic N) is 4. The van der Waals surface area contributed by atoms with Gasteiger partial charge in [-0.05, 0) is 70.6 Å². The van der Waals surface area contributed by atoms with E-state index in [4.69, 9.17) is 9.97 Å². The SMILES string of the molecule is c1ccc2c(c1)nc1c3ccc4cccc5c6ccccc6nc(c6ccc7cccc2c7[n+]61)[n+]3c45. The van der Waals surface area contributed by atoms with Crippen LogP contribution in [0.3, 0.4) is 0 Å². The fraction of sp³-hybridized carbons (Fsp3) is 0. The van der Waals surface area contributed by atoms with E-state index in [2.05, 4.69) is 118 Å². The van der Waals surface area contributed by atoms with Crippen LogP contribution in [0.2, 0.25) is 0 Å². The molecule has 0 saturated heterocycles. The second-order valence-electron chi connectivity index (χ2n) is 9.50. The van der Waals surface area contributed by atoms with E-state index < -0.39 is 0 Å². The molecule has 0 amide bonds. The smallest absolute Gasteiger partial charge is 0.176 e. The molecule has 0 bridgehead atoms. The number of hydrogen-bond donors (Lipinski definition) is 0. The molecule has 4 nitrogen and oxygen atoms in total. The molecule has 0 unspecified atom stereocenters. The summed E-state index contributed by atoms with van der Waals surface area (Å²) in [6, 6.07) is 38.8. The van der Waals surface area contributed by atoms with Crippen molar-refractivity contribution in [1.82, 2.24) is 9.97 Å². The highest BCUT2D eigenvalue weighted by Gasteiger charge is 2.29. The highest BCUT2D eigenvalue weighted by Crippen LogP contribution is 2.30. The Labute approximate surface area is 204 Å². The molecule has 4 aromatic carbocycles. The van der Waals surface area contributed by atoms with Gasteiger partial charge in [0.25, 0.3) is 0 Å². The fourth-order valence-electron chi connectivity index (χ4n) is 6.11. The third-order valence-corrected chi connectivity index (χ3v) is 7.63. The van der Waals surface area contributed by atoms with E-state index in [0.717, 1.165) is 44.1 Å². The van der Waals surface area contributed by atoms with Gasteiger partial charge in [-0.15, -0.1) is 0 Å². The molecule has 0 aliphatic carbocycles. The molecule has 0 saturated carbocycles. The molecule has 0 atom stereocenters. The van der Waals surface area contributed by atoms with Crippen LogP contribution in [0, 0.1) is 0 Å². The van der Waals surface area contributed by atoms with E-state index in [-0.39, 0.29) is 0 Å². The summed E-state index contributed by atoms with van der Waals surface area (Å²) in [4.78, 5) is 10.7. The lowest BCUT2D eigenvalue weighted by atomic mass is 10.1. The Bertz CT molecular complexity index is 2200. The van der Waals surface area contributed by atoms with E-state index in [1.165, 1.54) is 32.6 Å². The van der Waals surface area contributed by atoms with Crippen LogP contribution in [0.4, 0.5) is 0 Å². The average molecular weight is 459 g/mol. The molecule has 0 aliphatic heterocycles. The van der Waals surface area contributed by atoms with Crippen molar-refractivity contribution in [2.75, 3.05) is 0 Å². The second kappa shape index (κ2) is 6.37. The van der Waals surface area contributed by atoms with Gasteiger partial charge in [0.1, 0.15) is 11.0 Å². The van der Waals surface area contributed by atoms with Crippen molar-refractivity contribution in [1.29, 1.82) is 0 Å². The van der Waals surface area contributed by atoms with Gasteiger partial charge in [-0.3, -0.25) is 0 Å². The Morgan fingerprint density at radius 3 is 1.33 bits per heavy atom. The molecule has 9 aromatic rings. The van der Waals surface area contributed by atoms with Crippen LogP contribution in [0.15, 0.2) is 109 Å². The number of pyridine rings is 2. The lowest BCUT2D eigenvalue weighted by molar-refractivity contribution is -0.497. The van der Waals surface area contributed by atoms with Crippen LogP contribution in [-0.2, 0) is 0 Å². The Hall–Kier alpha value is -4.96. The maximum absolute atomic E-state index is 5.33. The lowest BCUT2D eigenvalue weighted by Gasteiger charge is -2.06. The van der Waals surface area contributed by atoms with Gasteiger partial charge in [0, 0.05) is 32.3 Å². The molecule has 9 rings (SSSR count). The molecule has 36 heavy (non-hydrogen) atoms. The summed E-state index contributed by atoms with van der Waals surface area (Å²) in [6.07, 6.45) is 0. The number of para-hydroxylation sites is 4. The Morgan fingerprint density at radius 1 is 0.389 bits per heavy atom. The van der Waals surface area contributed by atoms with E-state index in [1.807, 2.05) is 0 Å². The average Bonchev–Trinajstić information content (AvgIpc) is 3.18. The molecular formula is C32H18N4+2. The molecule has 164 valence electrons. The van der Waals surface area contributed by atoms with Gasteiger partial charge < -0.3 is 0 Å². The first-order chi connectivity index (χ1) is 17.9. The summed E-state index contributed by atoms with van der Waals surface area (Å²) >= 11 is 0. The van der Waals surface area contributed by atoms with Crippen LogP contribution in [-0.4, -0.2) is 9.97 Å². The molecule has 5 aromatic heterocycles. The van der Waals surface area contributed by atoms with Crippen LogP contribution < -0.4 is 8.80 Å². The number of hydrogen-bond acceptors (Lipinski definition) is 2. The first kappa shape index (κ1) is 18.4. The standard InChI is InChI=1S/C32H18N4/c1-3-13-25-21(9-1)23-11-5-7-19-15-17-28-32-34-26-14-4-2-10-22(26)24-12-6-8-20-16-18-27(36(32)30(20)24)31(33-25)35(28)29(19)23/h1-18H/q+2. The normalized spacial score (nSPS) is 12.4. The minimum atomic E-state index is 0.926. The highest BCUT2D eigenvalue weighted by atomic mass is 15.1. The Kier molecular flexibility index (Phi) is 3.25. The minimum Gasteiger partial charge on any atom is -0.176 e. The maximum atomic E-state index is 5.33. The van der Waals surface area contributed by atoms with Crippen LogP contribution >= 0.6 is 0 Å². The first-order valence-electron chi connectivity index (χ1n) is 12.2. The van der Waals surface area contributed by atoms with Crippen molar-refractivity contribution < 1.29 is 8.80 Å². The van der Waals surface area contributed by atoms with Crippen molar-refractivity contribution in [2.45, 2.75) is 0 Å². The summed E-state index contributed by atoms with van der Waals surface area (Å²) in [6.45, 7) is 0. The number of aromatic nitrogens is 4. The quantitative estimate of drug-likeness (QED) is 0.152. The summed E-state index contributed by atoms with van der Waals surface area (Å²) < 4.78 is 4.64. The topological polar surface area (TPSA) is 34.0 Å². The van der Waals surface area contributed by atoms with Crippen molar-refractivity contribution in [3.05, 3.63) is 109 Å². The third-order valence-electron chi connectivity index (χ3n) is 7.63. The zero-order chi connectivity index (χ0) is 23.4. The van der Waals surface area contributed by atoms with Crippen molar-refractivity contribution >= 4 is 76.7 Å².